The highest BCUT2D eigenvalue weighted by Crippen LogP contribution is 2.22. The Labute approximate surface area is 82.6 Å². The normalized spacial score (nSPS) is 28.9. The van der Waals surface area contributed by atoms with Crippen LogP contribution < -0.4 is 0 Å². The Hall–Kier alpha value is -1.07. The lowest BCUT2D eigenvalue weighted by Gasteiger charge is -2.13. The number of hydrogen-bond donors (Lipinski definition) is 0. The van der Waals surface area contributed by atoms with Gasteiger partial charge in [-0.05, 0) is 0 Å². The molecule has 0 amide bonds. The molecule has 1 aliphatic rings. The van der Waals surface area contributed by atoms with E-state index in [4.69, 9.17) is 14.2 Å². The molecule has 5 nitrogen and oxygen atoms in total. The topological polar surface area (TPSA) is 54.0 Å². The van der Waals surface area contributed by atoms with E-state index in [-0.39, 0.29) is 12.2 Å². The van der Waals surface area contributed by atoms with Crippen molar-refractivity contribution in [2.45, 2.75) is 12.2 Å². The van der Waals surface area contributed by atoms with Gasteiger partial charge in [0, 0.05) is 14.2 Å². The molecule has 0 unspecified atom stereocenters. The maximum atomic E-state index is 10.9. The van der Waals surface area contributed by atoms with Gasteiger partial charge >= 0.3 is 5.97 Å². The molecular formula is C9H14O5. The van der Waals surface area contributed by atoms with Crippen LogP contribution in [0.1, 0.15) is 0 Å². The molecule has 14 heavy (non-hydrogen) atoms. The zero-order chi connectivity index (χ0) is 10.6. The Morgan fingerprint density at radius 1 is 1.43 bits per heavy atom. The van der Waals surface area contributed by atoms with Crippen molar-refractivity contribution in [3.05, 3.63) is 11.8 Å². The maximum Gasteiger partial charge on any atom is 0.333 e. The van der Waals surface area contributed by atoms with Crippen LogP contribution in [0.4, 0.5) is 0 Å². The number of esters is 1. The van der Waals surface area contributed by atoms with Crippen LogP contribution in [0.5, 0.6) is 0 Å². The third-order valence-corrected chi connectivity index (χ3v) is 2.05. The number of methoxy groups -OCH3 is 3. The quantitative estimate of drug-likeness (QED) is 0.480. The molecule has 0 aliphatic carbocycles. The second-order valence-corrected chi connectivity index (χ2v) is 2.81. The van der Waals surface area contributed by atoms with Crippen LogP contribution in [0.3, 0.4) is 0 Å². The largest absolute Gasteiger partial charge is 0.492 e. The predicted molar refractivity (Wildman–Crippen MR) is 47.6 cm³/mol. The molecule has 0 radical (unpaired) electrons. The standard InChI is InChI=1S/C9H14O5/c1-11-7-5-14-6(9(7)13-3)4-8(10)12-2/h4,7,9H,5H2,1-3H3/b6-4+/t7-,9-/m1/s1. The molecular weight excluding hydrogens is 188 g/mol. The number of carbonyl (C=O) groups is 1. The van der Waals surface area contributed by atoms with Crippen LogP contribution in [-0.4, -0.2) is 46.1 Å². The first kappa shape index (κ1) is 11.0. The molecule has 0 bridgehead atoms. The summed E-state index contributed by atoms with van der Waals surface area (Å²) in [4.78, 5) is 10.9. The number of ether oxygens (including phenoxy) is 4. The van der Waals surface area contributed by atoms with E-state index in [9.17, 15) is 4.79 Å². The van der Waals surface area contributed by atoms with Crippen LogP contribution in [0, 0.1) is 0 Å². The van der Waals surface area contributed by atoms with E-state index < -0.39 is 5.97 Å². The molecule has 0 aromatic carbocycles. The first-order valence-corrected chi connectivity index (χ1v) is 4.20. The van der Waals surface area contributed by atoms with Gasteiger partial charge in [0.15, 0.2) is 0 Å². The summed E-state index contributed by atoms with van der Waals surface area (Å²) < 4.78 is 20.0. The van der Waals surface area contributed by atoms with E-state index in [1.807, 2.05) is 0 Å². The first-order chi connectivity index (χ1) is 6.72. The third-order valence-electron chi connectivity index (χ3n) is 2.05. The smallest absolute Gasteiger partial charge is 0.333 e. The van der Waals surface area contributed by atoms with Gasteiger partial charge in [0.1, 0.15) is 24.6 Å². The summed E-state index contributed by atoms with van der Waals surface area (Å²) in [5, 5.41) is 0. The van der Waals surface area contributed by atoms with Crippen molar-refractivity contribution in [3.8, 4) is 0 Å². The molecule has 1 rings (SSSR count). The van der Waals surface area contributed by atoms with Gasteiger partial charge < -0.3 is 18.9 Å². The second-order valence-electron chi connectivity index (χ2n) is 2.81. The summed E-state index contributed by atoms with van der Waals surface area (Å²) in [6.07, 6.45) is 0.766. The monoisotopic (exact) mass is 202 g/mol. The number of rotatable bonds is 3. The molecule has 0 N–H and O–H groups in total. The molecule has 0 saturated carbocycles. The van der Waals surface area contributed by atoms with Gasteiger partial charge in [-0.3, -0.25) is 0 Å². The highest BCUT2D eigenvalue weighted by Gasteiger charge is 2.34. The lowest BCUT2D eigenvalue weighted by atomic mass is 10.2. The van der Waals surface area contributed by atoms with Crippen LogP contribution in [0.15, 0.2) is 11.8 Å². The van der Waals surface area contributed by atoms with Gasteiger partial charge in [-0.15, -0.1) is 0 Å². The van der Waals surface area contributed by atoms with Gasteiger partial charge in [0.05, 0.1) is 13.2 Å². The second kappa shape index (κ2) is 4.97. The van der Waals surface area contributed by atoms with Gasteiger partial charge in [-0.2, -0.15) is 0 Å². The first-order valence-electron chi connectivity index (χ1n) is 4.20. The Bertz CT molecular complexity index is 235. The Balaban J connectivity index is 2.71. The molecule has 1 heterocycles. The fourth-order valence-electron chi connectivity index (χ4n) is 1.29. The SMILES string of the molecule is COC(=O)/C=C1/OC[C@@H](OC)[C@@H]1OC. The Morgan fingerprint density at radius 2 is 2.14 bits per heavy atom. The van der Waals surface area contributed by atoms with Gasteiger partial charge in [-0.1, -0.05) is 0 Å². The number of carbonyl (C=O) groups excluding carboxylic acids is 1. The molecule has 0 spiro atoms. The molecule has 2 atom stereocenters. The Kier molecular flexibility index (Phi) is 3.91. The van der Waals surface area contributed by atoms with Gasteiger partial charge in [0.2, 0.25) is 0 Å². The average molecular weight is 202 g/mol. The molecule has 1 fully saturated rings. The maximum absolute atomic E-state index is 10.9. The molecule has 1 aliphatic heterocycles. The van der Waals surface area contributed by atoms with Crippen molar-refractivity contribution >= 4 is 5.97 Å². The van der Waals surface area contributed by atoms with Crippen LogP contribution in [0.25, 0.3) is 0 Å². The van der Waals surface area contributed by atoms with Crippen LogP contribution in [0.2, 0.25) is 0 Å². The fraction of sp³-hybridized carbons (Fsp3) is 0.667. The predicted octanol–water partition coefficient (Wildman–Crippen LogP) is 0.103. The van der Waals surface area contributed by atoms with E-state index in [2.05, 4.69) is 4.74 Å². The molecule has 80 valence electrons. The van der Waals surface area contributed by atoms with Gasteiger partial charge in [0.25, 0.3) is 0 Å². The van der Waals surface area contributed by atoms with Crippen molar-refractivity contribution < 1.29 is 23.7 Å². The van der Waals surface area contributed by atoms with Crippen LogP contribution in [-0.2, 0) is 23.7 Å². The van der Waals surface area contributed by atoms with Gasteiger partial charge in [-0.25, -0.2) is 4.79 Å². The lowest BCUT2D eigenvalue weighted by Crippen LogP contribution is -2.27. The summed E-state index contributed by atoms with van der Waals surface area (Å²) in [6.45, 7) is 0.387. The van der Waals surface area contributed by atoms with E-state index in [1.54, 1.807) is 7.11 Å². The zero-order valence-corrected chi connectivity index (χ0v) is 8.48. The zero-order valence-electron chi connectivity index (χ0n) is 8.48. The van der Waals surface area contributed by atoms with E-state index in [0.717, 1.165) is 0 Å². The Morgan fingerprint density at radius 3 is 2.64 bits per heavy atom. The van der Waals surface area contributed by atoms with Crippen molar-refractivity contribution in [1.29, 1.82) is 0 Å². The average Bonchev–Trinajstić information content (AvgIpc) is 2.59. The van der Waals surface area contributed by atoms with E-state index in [1.165, 1.54) is 20.3 Å². The molecule has 1 saturated heterocycles. The lowest BCUT2D eigenvalue weighted by molar-refractivity contribution is -0.135. The fourth-order valence-corrected chi connectivity index (χ4v) is 1.29. The highest BCUT2D eigenvalue weighted by atomic mass is 16.6. The van der Waals surface area contributed by atoms with Crippen molar-refractivity contribution in [2.24, 2.45) is 0 Å². The molecule has 5 heteroatoms. The minimum absolute atomic E-state index is 0.170. The summed E-state index contributed by atoms with van der Waals surface area (Å²) in [7, 11) is 4.42. The summed E-state index contributed by atoms with van der Waals surface area (Å²) in [5.74, 6) is -0.00926. The highest BCUT2D eigenvalue weighted by molar-refractivity contribution is 5.82. The van der Waals surface area contributed by atoms with Crippen LogP contribution >= 0.6 is 0 Å². The van der Waals surface area contributed by atoms with Crippen molar-refractivity contribution in [1.82, 2.24) is 0 Å². The summed E-state index contributed by atoms with van der Waals surface area (Å²) in [6, 6.07) is 0. The van der Waals surface area contributed by atoms with Crippen molar-refractivity contribution in [3.63, 3.8) is 0 Å². The third kappa shape index (κ3) is 2.24. The van der Waals surface area contributed by atoms with Crippen molar-refractivity contribution in [2.75, 3.05) is 27.9 Å². The molecule has 0 aromatic heterocycles. The van der Waals surface area contributed by atoms with E-state index in [0.29, 0.717) is 12.4 Å². The summed E-state index contributed by atoms with van der Waals surface area (Å²) in [5.41, 5.74) is 0. The summed E-state index contributed by atoms with van der Waals surface area (Å²) >= 11 is 0. The number of hydrogen-bond acceptors (Lipinski definition) is 5. The minimum atomic E-state index is -0.459. The molecule has 0 aromatic rings. The van der Waals surface area contributed by atoms with E-state index >= 15 is 0 Å². The minimum Gasteiger partial charge on any atom is -0.492 e.